The molecule has 0 aliphatic heterocycles. The van der Waals surface area contributed by atoms with E-state index in [0.717, 1.165) is 6.26 Å². The summed E-state index contributed by atoms with van der Waals surface area (Å²) in [6, 6.07) is 7.87. The zero-order chi connectivity index (χ0) is 20.9. The minimum atomic E-state index is -3.67. The zero-order valence-electron chi connectivity index (χ0n) is 15.8. The molecule has 0 saturated heterocycles. The molecule has 0 spiro atoms. The maximum atomic E-state index is 12.3. The van der Waals surface area contributed by atoms with Gasteiger partial charge in [0, 0.05) is 11.3 Å². The molecule has 0 unspecified atom stereocenters. The molecule has 1 amide bonds. The summed E-state index contributed by atoms with van der Waals surface area (Å²) in [7, 11) is 0.550. The highest BCUT2D eigenvalue weighted by Gasteiger charge is 2.23. The van der Waals surface area contributed by atoms with Crippen molar-refractivity contribution in [3.05, 3.63) is 35.4 Å². The highest BCUT2D eigenvalue weighted by molar-refractivity contribution is 7.91. The van der Waals surface area contributed by atoms with E-state index >= 15 is 0 Å². The van der Waals surface area contributed by atoms with Gasteiger partial charge in [0.1, 0.15) is 10.6 Å². The third-order valence-corrected chi connectivity index (χ3v) is 5.13. The van der Waals surface area contributed by atoms with E-state index in [0.29, 0.717) is 16.5 Å². The van der Waals surface area contributed by atoms with Gasteiger partial charge in [-0.25, -0.2) is 8.42 Å². The Labute approximate surface area is 168 Å². The molecule has 0 saturated carbocycles. The van der Waals surface area contributed by atoms with E-state index in [-0.39, 0.29) is 28.6 Å². The monoisotopic (exact) mass is 428 g/mol. The highest BCUT2D eigenvalue weighted by Crippen LogP contribution is 2.39. The lowest BCUT2D eigenvalue weighted by Gasteiger charge is -2.17. The minimum Gasteiger partial charge on any atom is -0.495 e. The fourth-order valence-electron chi connectivity index (χ4n) is 2.55. The molecule has 0 aliphatic rings. The Morgan fingerprint density at radius 1 is 1.00 bits per heavy atom. The van der Waals surface area contributed by atoms with Crippen LogP contribution in [0.3, 0.4) is 0 Å². The van der Waals surface area contributed by atoms with Crippen LogP contribution in [-0.2, 0) is 14.6 Å². The summed E-state index contributed by atoms with van der Waals surface area (Å²) in [6.07, 6.45) is 1.05. The zero-order valence-corrected chi connectivity index (χ0v) is 17.4. The number of amides is 1. The van der Waals surface area contributed by atoms with E-state index in [1.54, 1.807) is 24.3 Å². The van der Waals surface area contributed by atoms with E-state index in [4.69, 9.17) is 25.8 Å². The summed E-state index contributed by atoms with van der Waals surface area (Å²) in [6.45, 7) is -0.201. The second kappa shape index (κ2) is 9.03. The first-order valence-corrected chi connectivity index (χ1v) is 10.3. The molecular formula is C18H21ClN2O6S. The third-order valence-electron chi connectivity index (χ3n) is 3.75. The number of halogens is 1. The molecule has 2 aromatic carbocycles. The summed E-state index contributed by atoms with van der Waals surface area (Å²) in [4.78, 5) is 12.2. The number of nitrogens with one attached hydrogen (secondary N) is 2. The molecule has 10 heteroatoms. The van der Waals surface area contributed by atoms with Crippen molar-refractivity contribution in [1.29, 1.82) is 0 Å². The topological polar surface area (TPSA) is 103 Å². The quantitative estimate of drug-likeness (QED) is 0.666. The SMILES string of the molecule is COc1ccc(Cl)cc1NC(=O)CNc1ccc(OC)c(OC)c1S(C)(=O)=O. The summed E-state index contributed by atoms with van der Waals surface area (Å²) >= 11 is 5.95. The van der Waals surface area contributed by atoms with E-state index in [1.165, 1.54) is 27.4 Å². The fraction of sp³-hybridized carbons (Fsp3) is 0.278. The molecule has 0 aromatic heterocycles. The van der Waals surface area contributed by atoms with Crippen LogP contribution in [0.25, 0.3) is 0 Å². The maximum Gasteiger partial charge on any atom is 0.243 e. The van der Waals surface area contributed by atoms with Crippen molar-refractivity contribution in [2.75, 3.05) is 44.8 Å². The molecule has 152 valence electrons. The van der Waals surface area contributed by atoms with Crippen LogP contribution in [0.4, 0.5) is 11.4 Å². The molecule has 0 radical (unpaired) electrons. The molecule has 28 heavy (non-hydrogen) atoms. The van der Waals surface area contributed by atoms with Gasteiger partial charge < -0.3 is 24.8 Å². The number of carbonyl (C=O) groups is 1. The first-order chi connectivity index (χ1) is 13.2. The second-order valence-corrected chi connectivity index (χ2v) is 8.09. The molecule has 0 heterocycles. The molecule has 0 bridgehead atoms. The standard InChI is InChI=1S/C18H21ClN2O6S/c1-25-14-7-5-11(19)9-13(14)21-16(22)10-20-12-6-8-15(26-2)17(27-3)18(12)28(4,23)24/h5-9,20H,10H2,1-4H3,(H,21,22). The Hall–Kier alpha value is -2.65. The van der Waals surface area contributed by atoms with E-state index in [2.05, 4.69) is 10.6 Å². The first-order valence-electron chi connectivity index (χ1n) is 8.03. The Kier molecular flexibility index (Phi) is 6.98. The van der Waals surface area contributed by atoms with Crippen molar-refractivity contribution in [3.63, 3.8) is 0 Å². The van der Waals surface area contributed by atoms with Gasteiger partial charge >= 0.3 is 0 Å². The molecule has 0 atom stereocenters. The lowest BCUT2D eigenvalue weighted by molar-refractivity contribution is -0.114. The third kappa shape index (κ3) is 4.99. The molecular weight excluding hydrogens is 408 g/mol. The van der Waals surface area contributed by atoms with E-state index in [1.807, 2.05) is 0 Å². The fourth-order valence-corrected chi connectivity index (χ4v) is 3.79. The largest absolute Gasteiger partial charge is 0.495 e. The van der Waals surface area contributed by atoms with Gasteiger partial charge in [-0.05, 0) is 30.3 Å². The first kappa shape index (κ1) is 21.6. The van der Waals surface area contributed by atoms with Crippen molar-refractivity contribution in [2.45, 2.75) is 4.90 Å². The van der Waals surface area contributed by atoms with Crippen LogP contribution in [0.5, 0.6) is 17.2 Å². The van der Waals surface area contributed by atoms with Crippen LogP contribution in [-0.4, -0.2) is 48.5 Å². The average molecular weight is 429 g/mol. The molecule has 0 fully saturated rings. The van der Waals surface area contributed by atoms with Crippen molar-refractivity contribution < 1.29 is 27.4 Å². The number of hydrogen-bond acceptors (Lipinski definition) is 7. The van der Waals surface area contributed by atoms with E-state index < -0.39 is 15.7 Å². The number of carbonyl (C=O) groups excluding carboxylic acids is 1. The summed E-state index contributed by atoms with van der Waals surface area (Å²) < 4.78 is 40.0. The molecule has 8 nitrogen and oxygen atoms in total. The van der Waals surface area contributed by atoms with Crippen molar-refractivity contribution in [2.24, 2.45) is 0 Å². The van der Waals surface area contributed by atoms with Crippen LogP contribution >= 0.6 is 11.6 Å². The number of anilines is 2. The van der Waals surface area contributed by atoms with Crippen LogP contribution in [0, 0.1) is 0 Å². The lowest BCUT2D eigenvalue weighted by atomic mass is 10.2. The summed E-state index contributed by atoms with van der Waals surface area (Å²) in [5.74, 6) is 0.351. The van der Waals surface area contributed by atoms with Gasteiger partial charge in [0.05, 0.1) is 39.2 Å². The van der Waals surface area contributed by atoms with Crippen LogP contribution in [0.2, 0.25) is 5.02 Å². The van der Waals surface area contributed by atoms with Crippen molar-refractivity contribution in [1.82, 2.24) is 0 Å². The summed E-state index contributed by atoms with van der Waals surface area (Å²) in [5, 5.41) is 5.92. The van der Waals surface area contributed by atoms with Gasteiger partial charge in [-0.3, -0.25) is 4.79 Å². The van der Waals surface area contributed by atoms with Crippen molar-refractivity contribution in [3.8, 4) is 17.2 Å². The van der Waals surface area contributed by atoms with Gasteiger partial charge in [-0.2, -0.15) is 0 Å². The number of ether oxygens (including phenoxy) is 3. The van der Waals surface area contributed by atoms with Crippen LogP contribution in [0.15, 0.2) is 35.2 Å². The van der Waals surface area contributed by atoms with Gasteiger partial charge in [-0.15, -0.1) is 0 Å². The van der Waals surface area contributed by atoms with Gasteiger partial charge in [0.25, 0.3) is 0 Å². The maximum absolute atomic E-state index is 12.3. The number of sulfone groups is 1. The van der Waals surface area contributed by atoms with E-state index in [9.17, 15) is 13.2 Å². The van der Waals surface area contributed by atoms with Crippen LogP contribution < -0.4 is 24.8 Å². The van der Waals surface area contributed by atoms with Crippen LogP contribution in [0.1, 0.15) is 0 Å². The predicted octanol–water partition coefficient (Wildman–Crippen LogP) is 2.82. The smallest absolute Gasteiger partial charge is 0.243 e. The van der Waals surface area contributed by atoms with Crippen molar-refractivity contribution >= 4 is 38.7 Å². The Morgan fingerprint density at radius 3 is 2.21 bits per heavy atom. The average Bonchev–Trinajstić information content (AvgIpc) is 2.64. The second-order valence-electron chi connectivity index (χ2n) is 5.70. The number of methoxy groups -OCH3 is 3. The Morgan fingerprint density at radius 2 is 1.64 bits per heavy atom. The molecule has 2 aromatic rings. The van der Waals surface area contributed by atoms with Gasteiger partial charge in [0.15, 0.2) is 21.3 Å². The molecule has 2 rings (SSSR count). The normalized spacial score (nSPS) is 10.9. The van der Waals surface area contributed by atoms with Gasteiger partial charge in [0.2, 0.25) is 5.91 Å². The number of hydrogen-bond donors (Lipinski definition) is 2. The van der Waals surface area contributed by atoms with Gasteiger partial charge in [-0.1, -0.05) is 11.6 Å². The highest BCUT2D eigenvalue weighted by atomic mass is 35.5. The Balaban J connectivity index is 2.25. The lowest BCUT2D eigenvalue weighted by Crippen LogP contribution is -2.23. The predicted molar refractivity (Wildman–Crippen MR) is 108 cm³/mol. The number of rotatable bonds is 8. The number of benzene rings is 2. The minimum absolute atomic E-state index is 0.0620. The Bertz CT molecular complexity index is 978. The summed E-state index contributed by atoms with van der Waals surface area (Å²) in [5.41, 5.74) is 0.616. The molecule has 2 N–H and O–H groups in total. The molecule has 0 aliphatic carbocycles.